The normalized spacial score (nSPS) is 11.1. The summed E-state index contributed by atoms with van der Waals surface area (Å²) in [6, 6.07) is 1.59. The van der Waals surface area contributed by atoms with Gasteiger partial charge in [-0.15, -0.1) is 0 Å². The second-order valence-corrected chi connectivity index (χ2v) is 3.42. The van der Waals surface area contributed by atoms with Gasteiger partial charge in [-0.1, -0.05) is 0 Å². The predicted molar refractivity (Wildman–Crippen MR) is 56.9 cm³/mol. The Bertz CT molecular complexity index is 418. The number of aryl methyl sites for hydroxylation is 1. The maximum atomic E-state index is 11.9. The van der Waals surface area contributed by atoms with Gasteiger partial charge < -0.3 is 10.6 Å². The second-order valence-electron chi connectivity index (χ2n) is 3.42. The first-order valence-electron chi connectivity index (χ1n) is 4.83. The number of anilines is 1. The van der Waals surface area contributed by atoms with Crippen LogP contribution in [-0.4, -0.2) is 30.7 Å². The van der Waals surface area contributed by atoms with E-state index in [1.165, 1.54) is 6.20 Å². The van der Waals surface area contributed by atoms with Gasteiger partial charge in [0.2, 0.25) is 0 Å². The number of nitrogens with zero attached hydrogens (tertiary/aromatic N) is 1. The molecular formula is C10H12F3N3O. The fraction of sp³-hybridized carbons (Fsp3) is 0.400. The lowest BCUT2D eigenvalue weighted by atomic mass is 10.2. The molecule has 1 aromatic heterocycles. The summed E-state index contributed by atoms with van der Waals surface area (Å²) in [6.07, 6.45) is -3.18. The Morgan fingerprint density at radius 1 is 1.47 bits per heavy atom. The summed E-state index contributed by atoms with van der Waals surface area (Å²) in [7, 11) is 1.58. The van der Waals surface area contributed by atoms with Crippen molar-refractivity contribution in [1.82, 2.24) is 10.3 Å². The molecule has 7 heteroatoms. The van der Waals surface area contributed by atoms with Crippen LogP contribution >= 0.6 is 0 Å². The number of aromatic nitrogens is 1. The van der Waals surface area contributed by atoms with Crippen LogP contribution in [0.25, 0.3) is 0 Å². The minimum absolute atomic E-state index is 0.0855. The SMILES string of the molecule is CNc1cc(C)ncc1C(=O)NCC(F)(F)F. The van der Waals surface area contributed by atoms with Crippen LogP contribution in [0.4, 0.5) is 18.9 Å². The first-order valence-corrected chi connectivity index (χ1v) is 4.83. The molecule has 4 nitrogen and oxygen atoms in total. The largest absolute Gasteiger partial charge is 0.405 e. The number of hydrogen-bond donors (Lipinski definition) is 2. The Hall–Kier alpha value is -1.79. The Balaban J connectivity index is 2.82. The van der Waals surface area contributed by atoms with Gasteiger partial charge in [0.15, 0.2) is 0 Å². The number of carbonyl (C=O) groups excluding carboxylic acids is 1. The number of rotatable bonds is 3. The molecule has 0 radical (unpaired) electrons. The highest BCUT2D eigenvalue weighted by Crippen LogP contribution is 2.16. The quantitative estimate of drug-likeness (QED) is 0.855. The van der Waals surface area contributed by atoms with Crippen molar-refractivity contribution in [2.45, 2.75) is 13.1 Å². The third-order valence-corrected chi connectivity index (χ3v) is 2.00. The molecule has 94 valence electrons. The van der Waals surface area contributed by atoms with Crippen LogP contribution in [0, 0.1) is 6.92 Å². The standard InChI is InChI=1S/C10H12F3N3O/c1-6-3-8(14-2)7(4-15-6)9(17)16-5-10(11,12)13/h3-4H,5H2,1-2H3,(H,14,15)(H,16,17). The fourth-order valence-corrected chi connectivity index (χ4v) is 1.22. The molecule has 0 aliphatic rings. The molecule has 0 aliphatic heterocycles. The number of carbonyl (C=O) groups is 1. The second kappa shape index (κ2) is 5.03. The van der Waals surface area contributed by atoms with Gasteiger partial charge in [0.1, 0.15) is 6.54 Å². The van der Waals surface area contributed by atoms with E-state index in [1.807, 2.05) is 0 Å². The van der Waals surface area contributed by atoms with Crippen LogP contribution in [0.1, 0.15) is 16.1 Å². The number of nitrogens with one attached hydrogen (secondary N) is 2. The molecule has 2 N–H and O–H groups in total. The summed E-state index contributed by atoms with van der Waals surface area (Å²) in [5.74, 6) is -0.806. The average molecular weight is 247 g/mol. The summed E-state index contributed by atoms with van der Waals surface area (Å²) >= 11 is 0. The number of halogens is 3. The van der Waals surface area contributed by atoms with Crippen molar-refractivity contribution in [2.24, 2.45) is 0 Å². The van der Waals surface area contributed by atoms with Gasteiger partial charge in [0.05, 0.1) is 11.3 Å². The van der Waals surface area contributed by atoms with Gasteiger partial charge in [-0.3, -0.25) is 9.78 Å². The van der Waals surface area contributed by atoms with Crippen LogP contribution in [-0.2, 0) is 0 Å². The summed E-state index contributed by atoms with van der Waals surface area (Å²) in [5.41, 5.74) is 1.20. The molecule has 1 aromatic rings. The predicted octanol–water partition coefficient (Wildman–Crippen LogP) is 1.72. The van der Waals surface area contributed by atoms with E-state index in [4.69, 9.17) is 0 Å². The Morgan fingerprint density at radius 2 is 2.12 bits per heavy atom. The van der Waals surface area contributed by atoms with E-state index in [0.29, 0.717) is 11.4 Å². The van der Waals surface area contributed by atoms with Crippen LogP contribution < -0.4 is 10.6 Å². The molecule has 0 bridgehead atoms. The first kappa shape index (κ1) is 13.3. The van der Waals surface area contributed by atoms with Crippen LogP contribution in [0.5, 0.6) is 0 Å². The lowest BCUT2D eigenvalue weighted by molar-refractivity contribution is -0.123. The first-order chi connectivity index (χ1) is 7.83. The highest BCUT2D eigenvalue weighted by Gasteiger charge is 2.28. The number of pyridine rings is 1. The van der Waals surface area contributed by atoms with Crippen molar-refractivity contribution < 1.29 is 18.0 Å². The van der Waals surface area contributed by atoms with Crippen LogP contribution in [0.15, 0.2) is 12.3 Å². The van der Waals surface area contributed by atoms with E-state index in [2.05, 4.69) is 10.3 Å². The minimum atomic E-state index is -4.42. The molecule has 0 saturated heterocycles. The summed E-state index contributed by atoms with van der Waals surface area (Å²) < 4.78 is 35.8. The van der Waals surface area contributed by atoms with Gasteiger partial charge in [0, 0.05) is 18.9 Å². The average Bonchev–Trinajstić information content (AvgIpc) is 2.24. The van der Waals surface area contributed by atoms with Gasteiger partial charge in [-0.2, -0.15) is 13.2 Å². The molecule has 1 heterocycles. The summed E-state index contributed by atoms with van der Waals surface area (Å²) in [6.45, 7) is 0.362. The molecule has 17 heavy (non-hydrogen) atoms. The Kier molecular flexibility index (Phi) is 3.93. The molecule has 0 unspecified atom stereocenters. The lowest BCUT2D eigenvalue weighted by Crippen LogP contribution is -2.34. The molecule has 0 aromatic carbocycles. The summed E-state index contributed by atoms with van der Waals surface area (Å²) in [4.78, 5) is 15.4. The van der Waals surface area contributed by atoms with Crippen molar-refractivity contribution >= 4 is 11.6 Å². The molecule has 0 saturated carbocycles. The van der Waals surface area contributed by atoms with Crippen LogP contribution in [0.2, 0.25) is 0 Å². The van der Waals surface area contributed by atoms with E-state index in [1.54, 1.807) is 25.4 Å². The van der Waals surface area contributed by atoms with Crippen molar-refractivity contribution in [3.8, 4) is 0 Å². The monoisotopic (exact) mass is 247 g/mol. The zero-order valence-corrected chi connectivity index (χ0v) is 9.35. The van der Waals surface area contributed by atoms with Gasteiger partial charge in [0.25, 0.3) is 5.91 Å². The van der Waals surface area contributed by atoms with Gasteiger partial charge >= 0.3 is 6.18 Å². The van der Waals surface area contributed by atoms with E-state index in [0.717, 1.165) is 0 Å². The zero-order valence-electron chi connectivity index (χ0n) is 9.35. The Labute approximate surface area is 96.2 Å². The minimum Gasteiger partial charge on any atom is -0.387 e. The number of amides is 1. The van der Waals surface area contributed by atoms with Crippen molar-refractivity contribution in [1.29, 1.82) is 0 Å². The van der Waals surface area contributed by atoms with Crippen molar-refractivity contribution in [3.05, 3.63) is 23.5 Å². The number of alkyl halides is 3. The summed E-state index contributed by atoms with van der Waals surface area (Å²) in [5, 5.41) is 4.52. The topological polar surface area (TPSA) is 54.0 Å². The Morgan fingerprint density at radius 3 is 2.65 bits per heavy atom. The van der Waals surface area contributed by atoms with E-state index in [-0.39, 0.29) is 5.56 Å². The molecule has 0 spiro atoms. The van der Waals surface area contributed by atoms with Crippen molar-refractivity contribution in [3.63, 3.8) is 0 Å². The highest BCUT2D eigenvalue weighted by atomic mass is 19.4. The number of hydrogen-bond acceptors (Lipinski definition) is 3. The highest BCUT2D eigenvalue weighted by molar-refractivity contribution is 5.99. The third kappa shape index (κ3) is 3.93. The molecule has 1 rings (SSSR count). The molecule has 1 amide bonds. The van der Waals surface area contributed by atoms with E-state index < -0.39 is 18.6 Å². The molecule has 0 fully saturated rings. The zero-order chi connectivity index (χ0) is 13.1. The van der Waals surface area contributed by atoms with Gasteiger partial charge in [-0.25, -0.2) is 0 Å². The van der Waals surface area contributed by atoms with E-state index >= 15 is 0 Å². The van der Waals surface area contributed by atoms with Crippen LogP contribution in [0.3, 0.4) is 0 Å². The molecule has 0 aliphatic carbocycles. The maximum Gasteiger partial charge on any atom is 0.405 e. The lowest BCUT2D eigenvalue weighted by Gasteiger charge is -2.11. The van der Waals surface area contributed by atoms with Crippen molar-refractivity contribution in [2.75, 3.05) is 18.9 Å². The third-order valence-electron chi connectivity index (χ3n) is 2.00. The van der Waals surface area contributed by atoms with Gasteiger partial charge in [-0.05, 0) is 13.0 Å². The smallest absolute Gasteiger partial charge is 0.387 e. The fourth-order valence-electron chi connectivity index (χ4n) is 1.22. The maximum absolute atomic E-state index is 11.9. The van der Waals surface area contributed by atoms with E-state index in [9.17, 15) is 18.0 Å². The molecular weight excluding hydrogens is 235 g/mol. The molecule has 0 atom stereocenters.